The summed E-state index contributed by atoms with van der Waals surface area (Å²) in [6.45, 7) is 3.99. The standard InChI is InChI=1S/C33H36O7/c1-32(2)39-29-27(20-23(21-35-3)31(34)36-4)38-28(30(29)40-32)22-37-33(24-14-8-5-9-15-24,25-16-10-6-11-17-25)26-18-12-7-13-19-26/h5-19,21,27-30H,20,22H2,1-4H3/b23-21-/t27-,28+,29-,30+/m0/s1. The first kappa shape index (κ1) is 28.1. The lowest BCUT2D eigenvalue weighted by molar-refractivity contribution is -0.195. The van der Waals surface area contributed by atoms with Gasteiger partial charge in [-0.2, -0.15) is 0 Å². The Morgan fingerprint density at radius 3 is 1.73 bits per heavy atom. The van der Waals surface area contributed by atoms with Gasteiger partial charge in [-0.3, -0.25) is 0 Å². The number of fused-ring (bicyclic) bond motifs is 1. The average molecular weight is 545 g/mol. The maximum Gasteiger partial charge on any atom is 0.336 e. The van der Waals surface area contributed by atoms with Gasteiger partial charge in [0, 0.05) is 6.42 Å². The molecule has 2 fully saturated rings. The van der Waals surface area contributed by atoms with Gasteiger partial charge in [-0.15, -0.1) is 0 Å². The second kappa shape index (κ2) is 11.9. The van der Waals surface area contributed by atoms with Crippen LogP contribution in [0.4, 0.5) is 0 Å². The first-order valence-corrected chi connectivity index (χ1v) is 13.5. The summed E-state index contributed by atoms with van der Waals surface area (Å²) < 4.78 is 36.2. The predicted octanol–water partition coefficient (Wildman–Crippen LogP) is 5.38. The molecular weight excluding hydrogens is 508 g/mol. The highest BCUT2D eigenvalue weighted by molar-refractivity contribution is 5.88. The molecule has 2 heterocycles. The van der Waals surface area contributed by atoms with Gasteiger partial charge < -0.3 is 28.4 Å². The topological polar surface area (TPSA) is 72.5 Å². The van der Waals surface area contributed by atoms with Crippen molar-refractivity contribution in [3.63, 3.8) is 0 Å². The van der Waals surface area contributed by atoms with Crippen LogP contribution >= 0.6 is 0 Å². The molecule has 0 aromatic heterocycles. The van der Waals surface area contributed by atoms with E-state index in [4.69, 9.17) is 28.4 Å². The second-order valence-electron chi connectivity index (χ2n) is 10.4. The highest BCUT2D eigenvalue weighted by Crippen LogP contribution is 2.44. The number of rotatable bonds is 10. The molecule has 0 amide bonds. The molecule has 0 spiro atoms. The fourth-order valence-electron chi connectivity index (χ4n) is 5.72. The molecule has 0 saturated carbocycles. The quantitative estimate of drug-likeness (QED) is 0.147. The van der Waals surface area contributed by atoms with Crippen molar-refractivity contribution in [2.24, 2.45) is 0 Å². The monoisotopic (exact) mass is 544 g/mol. The average Bonchev–Trinajstić information content (AvgIpc) is 3.47. The van der Waals surface area contributed by atoms with Crippen LogP contribution in [0.2, 0.25) is 0 Å². The van der Waals surface area contributed by atoms with Crippen LogP contribution in [0.3, 0.4) is 0 Å². The van der Waals surface area contributed by atoms with Gasteiger partial charge in [0.25, 0.3) is 0 Å². The van der Waals surface area contributed by atoms with Crippen LogP contribution in [0.25, 0.3) is 0 Å². The smallest absolute Gasteiger partial charge is 0.336 e. The Morgan fingerprint density at radius 2 is 1.27 bits per heavy atom. The molecule has 5 rings (SSSR count). The van der Waals surface area contributed by atoms with E-state index in [1.807, 2.05) is 68.4 Å². The van der Waals surface area contributed by atoms with Crippen molar-refractivity contribution in [2.75, 3.05) is 20.8 Å². The lowest BCUT2D eigenvalue weighted by Crippen LogP contribution is -2.39. The van der Waals surface area contributed by atoms with Gasteiger partial charge in [-0.25, -0.2) is 4.79 Å². The third-order valence-corrected chi connectivity index (χ3v) is 7.38. The Morgan fingerprint density at radius 1 is 0.800 bits per heavy atom. The highest BCUT2D eigenvalue weighted by Gasteiger charge is 2.56. The highest BCUT2D eigenvalue weighted by atomic mass is 16.8. The van der Waals surface area contributed by atoms with E-state index in [-0.39, 0.29) is 19.1 Å². The number of ether oxygens (including phenoxy) is 6. The van der Waals surface area contributed by atoms with E-state index in [0.29, 0.717) is 5.57 Å². The normalized spacial score (nSPS) is 23.9. The summed E-state index contributed by atoms with van der Waals surface area (Å²) in [6.07, 6.45) is -0.0531. The third-order valence-electron chi connectivity index (χ3n) is 7.38. The fraction of sp³-hybridized carbons (Fsp3) is 0.364. The number of carbonyl (C=O) groups excluding carboxylic acids is 1. The van der Waals surface area contributed by atoms with Crippen molar-refractivity contribution in [3.8, 4) is 0 Å². The molecule has 0 bridgehead atoms. The van der Waals surface area contributed by atoms with Crippen LogP contribution in [0.5, 0.6) is 0 Å². The summed E-state index contributed by atoms with van der Waals surface area (Å²) in [4.78, 5) is 12.4. The lowest BCUT2D eigenvalue weighted by Gasteiger charge is -2.37. The maximum atomic E-state index is 12.4. The molecule has 40 heavy (non-hydrogen) atoms. The molecule has 0 N–H and O–H groups in total. The SMILES string of the molecule is CO/C=C(/C[C@@H]1O[C@H](COC(c2ccccc2)(c2ccccc2)c2ccccc2)[C@H]2OC(C)(C)O[C@H]21)C(=O)OC. The minimum absolute atomic E-state index is 0.220. The molecule has 210 valence electrons. The summed E-state index contributed by atoms with van der Waals surface area (Å²) in [5.74, 6) is -1.28. The Bertz CT molecular complexity index is 1190. The van der Waals surface area contributed by atoms with Crippen molar-refractivity contribution < 1.29 is 33.2 Å². The molecule has 0 aliphatic carbocycles. The molecule has 7 heteroatoms. The van der Waals surface area contributed by atoms with Crippen LogP contribution in [-0.4, -0.2) is 57.0 Å². The van der Waals surface area contributed by atoms with E-state index in [2.05, 4.69) is 36.4 Å². The van der Waals surface area contributed by atoms with Crippen molar-refractivity contribution in [2.45, 2.75) is 56.1 Å². The minimum Gasteiger partial charge on any atom is -0.504 e. The van der Waals surface area contributed by atoms with Crippen molar-refractivity contribution in [3.05, 3.63) is 120 Å². The van der Waals surface area contributed by atoms with E-state index in [9.17, 15) is 4.79 Å². The molecule has 2 aliphatic heterocycles. The Kier molecular flexibility index (Phi) is 8.38. The zero-order chi connectivity index (χ0) is 28.2. The first-order valence-electron chi connectivity index (χ1n) is 13.5. The Labute approximate surface area is 235 Å². The second-order valence-corrected chi connectivity index (χ2v) is 10.4. The van der Waals surface area contributed by atoms with Crippen LogP contribution in [0, 0.1) is 0 Å². The Hall–Kier alpha value is -3.49. The van der Waals surface area contributed by atoms with E-state index in [1.54, 1.807) is 0 Å². The summed E-state index contributed by atoms with van der Waals surface area (Å²) in [6, 6.07) is 30.6. The van der Waals surface area contributed by atoms with E-state index >= 15 is 0 Å². The van der Waals surface area contributed by atoms with Crippen LogP contribution in [-0.2, 0) is 38.8 Å². The van der Waals surface area contributed by atoms with Crippen LogP contribution in [0.1, 0.15) is 37.0 Å². The number of esters is 1. The number of methoxy groups -OCH3 is 2. The van der Waals surface area contributed by atoms with Gasteiger partial charge in [0.2, 0.25) is 0 Å². The predicted molar refractivity (Wildman–Crippen MR) is 149 cm³/mol. The molecule has 2 aliphatic rings. The fourth-order valence-corrected chi connectivity index (χ4v) is 5.72. The van der Waals surface area contributed by atoms with Crippen LogP contribution < -0.4 is 0 Å². The van der Waals surface area contributed by atoms with E-state index in [1.165, 1.54) is 20.5 Å². The number of benzene rings is 3. The van der Waals surface area contributed by atoms with E-state index < -0.39 is 35.7 Å². The molecule has 0 radical (unpaired) electrons. The largest absolute Gasteiger partial charge is 0.504 e. The summed E-state index contributed by atoms with van der Waals surface area (Å²) in [5.41, 5.74) is 2.45. The van der Waals surface area contributed by atoms with Gasteiger partial charge in [0.1, 0.15) is 23.9 Å². The van der Waals surface area contributed by atoms with Crippen molar-refractivity contribution >= 4 is 5.97 Å². The lowest BCUT2D eigenvalue weighted by atomic mass is 9.80. The molecule has 0 unspecified atom stereocenters. The molecule has 2 saturated heterocycles. The van der Waals surface area contributed by atoms with Gasteiger partial charge in [-0.05, 0) is 30.5 Å². The van der Waals surface area contributed by atoms with Gasteiger partial charge in [-0.1, -0.05) is 91.0 Å². The number of hydrogen-bond acceptors (Lipinski definition) is 7. The van der Waals surface area contributed by atoms with Crippen LogP contribution in [0.15, 0.2) is 103 Å². The van der Waals surface area contributed by atoms with Gasteiger partial charge in [0.05, 0.1) is 38.8 Å². The molecule has 7 nitrogen and oxygen atoms in total. The van der Waals surface area contributed by atoms with Gasteiger partial charge >= 0.3 is 5.97 Å². The number of carbonyl (C=O) groups is 1. The van der Waals surface area contributed by atoms with E-state index in [0.717, 1.165) is 16.7 Å². The summed E-state index contributed by atoms with van der Waals surface area (Å²) in [7, 11) is 2.84. The van der Waals surface area contributed by atoms with Crippen molar-refractivity contribution in [1.29, 1.82) is 0 Å². The first-order chi connectivity index (χ1) is 19.4. The minimum atomic E-state index is -0.900. The maximum absolute atomic E-state index is 12.4. The molecule has 3 aromatic carbocycles. The zero-order valence-corrected chi connectivity index (χ0v) is 23.3. The summed E-state index contributed by atoms with van der Waals surface area (Å²) >= 11 is 0. The summed E-state index contributed by atoms with van der Waals surface area (Å²) in [5, 5.41) is 0. The van der Waals surface area contributed by atoms with Crippen molar-refractivity contribution in [1.82, 2.24) is 0 Å². The zero-order valence-electron chi connectivity index (χ0n) is 23.3. The molecule has 3 aromatic rings. The Balaban J connectivity index is 1.50. The van der Waals surface area contributed by atoms with Gasteiger partial charge in [0.15, 0.2) is 5.79 Å². The third kappa shape index (κ3) is 5.56. The number of hydrogen-bond donors (Lipinski definition) is 0. The molecule has 4 atom stereocenters. The molecular formula is C33H36O7.